The first-order valence-electron chi connectivity index (χ1n) is 16.8. The Bertz CT molecular complexity index is 2250. The molecule has 19 nitrogen and oxygen atoms in total. The van der Waals surface area contributed by atoms with Crippen LogP contribution in [0.4, 0.5) is 9.52 Å². The zero-order chi connectivity index (χ0) is 39.9. The molecule has 55 heavy (non-hydrogen) atoms. The lowest BCUT2D eigenvalue weighted by molar-refractivity contribution is -0.925. The first kappa shape index (κ1) is 39.0. The number of nitrogen functional groups attached to an aromatic ring is 1. The van der Waals surface area contributed by atoms with Gasteiger partial charge in [0.2, 0.25) is 6.10 Å². The number of rotatable bonds is 14. The largest absolute Gasteiger partial charge is 0.543 e. The summed E-state index contributed by atoms with van der Waals surface area (Å²) >= 11 is 2.07. The number of phenols is 2. The van der Waals surface area contributed by atoms with Crippen LogP contribution in [0, 0.1) is 5.82 Å². The number of aryl methyl sites for hydroxylation is 1. The number of carbonyl (C=O) groups is 5. The quantitative estimate of drug-likeness (QED) is 0.0393. The Labute approximate surface area is 317 Å². The number of carbonyl (C=O) groups excluding carboxylic acids is 3. The van der Waals surface area contributed by atoms with Crippen LogP contribution in [0.1, 0.15) is 37.4 Å². The highest BCUT2D eigenvalue weighted by atomic mass is 32.2. The molecule has 5 heterocycles. The minimum atomic E-state index is -1.97. The van der Waals surface area contributed by atoms with Gasteiger partial charge in [-0.2, -0.15) is 0 Å². The molecule has 2 saturated heterocycles. The molecule has 0 spiro atoms. The number of hydrogen-bond donors (Lipinski definition) is 6. The number of pyridine rings is 1. The zero-order valence-corrected chi connectivity index (χ0v) is 30.5. The van der Waals surface area contributed by atoms with Crippen LogP contribution in [0.25, 0.3) is 10.9 Å². The van der Waals surface area contributed by atoms with Crippen LogP contribution in [0.2, 0.25) is 0 Å². The summed E-state index contributed by atoms with van der Waals surface area (Å²) in [6.45, 7) is 3.33. The van der Waals surface area contributed by atoms with Crippen LogP contribution < -0.4 is 21.6 Å². The summed E-state index contributed by atoms with van der Waals surface area (Å²) in [5.74, 6) is -9.48. The van der Waals surface area contributed by atoms with Gasteiger partial charge >= 0.3 is 11.9 Å². The van der Waals surface area contributed by atoms with Crippen molar-refractivity contribution in [3.8, 4) is 11.5 Å². The lowest BCUT2D eigenvalue weighted by atomic mass is 10.0. The molecule has 7 N–H and O–H groups in total. The van der Waals surface area contributed by atoms with E-state index < -0.39 is 82.1 Å². The van der Waals surface area contributed by atoms with Crippen LogP contribution in [0.3, 0.4) is 0 Å². The maximum Gasteiger partial charge on any atom is 0.348 e. The van der Waals surface area contributed by atoms with Gasteiger partial charge in [0.25, 0.3) is 11.8 Å². The molecule has 0 saturated carbocycles. The highest BCUT2D eigenvalue weighted by molar-refractivity contribution is 8.00. The van der Waals surface area contributed by atoms with Gasteiger partial charge in [-0.05, 0) is 13.0 Å². The second-order valence-electron chi connectivity index (χ2n) is 13.2. The van der Waals surface area contributed by atoms with Gasteiger partial charge in [-0.3, -0.25) is 24.1 Å². The fourth-order valence-electron chi connectivity index (χ4n) is 7.12. The standard InChI is InChI=1S/C33H34FN7O12S2/c1-2-39-9-14(25(44)16-7-17(34)26(45)27(46)24(16)39)10-41(5-3-4-6-41)11-15-12-54-30-22(29(48)40(30)23(15)32(51)52)37-28(47)21(18-13-55-33(35)36-18)38-53-19(31(49)50)8-20(42)43/h7,9,13,19,22,30H,2-6,8,10-12H2,1H3,(H7-,35,36,37,38,42,43,44,45,46,47,49,50,51,52)/t19-,22+,30+/m0/s1. The van der Waals surface area contributed by atoms with E-state index in [1.54, 1.807) is 6.92 Å². The van der Waals surface area contributed by atoms with E-state index in [1.807, 2.05) is 0 Å². The molecule has 6 rings (SSSR count). The average molecular weight is 804 g/mol. The van der Waals surface area contributed by atoms with Crippen LogP contribution in [0.5, 0.6) is 11.5 Å². The molecule has 0 bridgehead atoms. The summed E-state index contributed by atoms with van der Waals surface area (Å²) in [6, 6.07) is -0.406. The number of amides is 2. The number of benzene rings is 1. The molecule has 0 radical (unpaired) electrons. The molecule has 3 aromatic rings. The van der Waals surface area contributed by atoms with Gasteiger partial charge in [-0.25, -0.2) is 14.2 Å². The smallest absolute Gasteiger partial charge is 0.348 e. The molecule has 3 aliphatic rings. The van der Waals surface area contributed by atoms with Crippen molar-refractivity contribution in [3.05, 3.63) is 56.2 Å². The van der Waals surface area contributed by atoms with E-state index in [1.165, 1.54) is 27.9 Å². The first-order valence-corrected chi connectivity index (χ1v) is 18.7. The number of phenolic OH excluding ortho intramolecular Hbond substituents is 2. The fraction of sp³-hybridized carbons (Fsp3) is 0.394. The number of hydrogen-bond acceptors (Lipinski definition) is 15. The topological polar surface area (TPSA) is 287 Å². The predicted molar refractivity (Wildman–Crippen MR) is 190 cm³/mol. The number of thioether (sulfide) groups is 1. The minimum absolute atomic E-state index is 0.00406. The number of likely N-dealkylation sites (tertiary alicyclic amines) is 1. The molecule has 2 amide bonds. The molecule has 1 aromatic carbocycles. The summed E-state index contributed by atoms with van der Waals surface area (Å²) in [6.07, 6.45) is 0.0728. The van der Waals surface area contributed by atoms with Crippen LogP contribution in [-0.2, 0) is 41.9 Å². The molecular weight excluding hydrogens is 770 g/mol. The number of aromatic hydroxyl groups is 2. The monoisotopic (exact) mass is 803 g/mol. The normalized spacial score (nSPS) is 19.9. The number of anilines is 1. The van der Waals surface area contributed by atoms with E-state index in [0.717, 1.165) is 35.1 Å². The summed E-state index contributed by atoms with van der Waals surface area (Å²) in [7, 11) is 0. The number of nitrogens with zero attached hydrogens (tertiary/aromatic N) is 5. The van der Waals surface area contributed by atoms with E-state index >= 15 is 0 Å². The van der Waals surface area contributed by atoms with E-state index in [9.17, 15) is 53.6 Å². The van der Waals surface area contributed by atoms with Crippen LogP contribution in [-0.4, -0.2) is 118 Å². The highest BCUT2D eigenvalue weighted by Crippen LogP contribution is 2.42. The number of quaternary nitrogens is 1. The summed E-state index contributed by atoms with van der Waals surface area (Å²) in [4.78, 5) is 85.8. The van der Waals surface area contributed by atoms with E-state index in [-0.39, 0.29) is 62.9 Å². The fourth-order valence-corrected chi connectivity index (χ4v) is 9.00. The van der Waals surface area contributed by atoms with E-state index in [0.29, 0.717) is 18.7 Å². The third kappa shape index (κ3) is 7.38. The Morgan fingerprint density at radius 1 is 1.18 bits per heavy atom. The molecule has 2 aromatic heterocycles. The molecular formula is C33H34FN7O12S2. The molecule has 22 heteroatoms. The van der Waals surface area contributed by atoms with Crippen molar-refractivity contribution in [1.29, 1.82) is 0 Å². The number of nitrogens with one attached hydrogen (secondary N) is 1. The van der Waals surface area contributed by atoms with Crippen molar-refractivity contribution in [2.75, 3.05) is 31.1 Å². The Hall–Kier alpha value is -5.74. The Kier molecular flexibility index (Phi) is 10.8. The average Bonchev–Trinajstić information content (AvgIpc) is 3.78. The third-order valence-electron chi connectivity index (χ3n) is 9.64. The van der Waals surface area contributed by atoms with Crippen molar-refractivity contribution in [2.45, 2.75) is 56.8 Å². The highest BCUT2D eigenvalue weighted by Gasteiger charge is 2.54. The lowest BCUT2D eigenvalue weighted by Crippen LogP contribution is -2.71. The van der Waals surface area contributed by atoms with Gasteiger partial charge < -0.3 is 55.3 Å². The maximum atomic E-state index is 14.5. The van der Waals surface area contributed by atoms with E-state index in [2.05, 4.69) is 15.5 Å². The number of halogens is 1. The van der Waals surface area contributed by atoms with E-state index in [4.69, 9.17) is 15.7 Å². The zero-order valence-electron chi connectivity index (χ0n) is 28.9. The van der Waals surface area contributed by atoms with Gasteiger partial charge in [0.15, 0.2) is 33.6 Å². The molecule has 0 unspecified atom stereocenters. The molecule has 3 aliphatic heterocycles. The van der Waals surface area contributed by atoms with Crippen molar-refractivity contribution in [1.82, 2.24) is 19.8 Å². The Morgan fingerprint density at radius 2 is 1.89 bits per heavy atom. The minimum Gasteiger partial charge on any atom is -0.543 e. The maximum absolute atomic E-state index is 14.5. The van der Waals surface area contributed by atoms with Gasteiger partial charge in [0.1, 0.15) is 30.2 Å². The van der Waals surface area contributed by atoms with Crippen molar-refractivity contribution in [3.63, 3.8) is 0 Å². The SMILES string of the molecule is CCn1cc(C[N+]2(CC3=C(C(=O)[O-])N4C(=O)[C@@H](NC(=O)/C(=N\O[C@@H](CC(=O)O)C(=O)O)c5csc(N)n5)[C@H]4SC3)CCCC2)c(=O)c2cc(F)c(O)c(O)c21. The second-order valence-corrected chi connectivity index (χ2v) is 15.2. The number of aliphatic carboxylic acids is 3. The predicted octanol–water partition coefficient (Wildman–Crippen LogP) is -0.526. The molecule has 0 aliphatic carbocycles. The number of aromatic nitrogens is 2. The third-order valence-corrected chi connectivity index (χ3v) is 11.7. The molecule has 292 valence electrons. The molecule has 3 atom stereocenters. The Morgan fingerprint density at radius 3 is 2.49 bits per heavy atom. The van der Waals surface area contributed by atoms with Crippen LogP contribution in [0.15, 0.2) is 38.9 Å². The van der Waals surface area contributed by atoms with Gasteiger partial charge in [-0.15, -0.1) is 23.1 Å². The van der Waals surface area contributed by atoms with Gasteiger partial charge in [0.05, 0.1) is 47.6 Å². The number of carboxylic acids is 3. The van der Waals surface area contributed by atoms with Crippen molar-refractivity contribution < 1.29 is 63.2 Å². The summed E-state index contributed by atoms with van der Waals surface area (Å²) in [5, 5.41) is 57.8. The number of fused-ring (bicyclic) bond motifs is 2. The van der Waals surface area contributed by atoms with Gasteiger partial charge in [-0.1, -0.05) is 5.16 Å². The first-order chi connectivity index (χ1) is 26.1. The number of carboxylic acid groups (broad SMARTS) is 3. The lowest BCUT2D eigenvalue weighted by Gasteiger charge is -2.51. The van der Waals surface area contributed by atoms with Gasteiger partial charge in [0, 0.05) is 42.3 Å². The number of β-lactam (4-membered cyclic amide) rings is 1. The molecule has 2 fully saturated rings. The number of oxime groups is 1. The van der Waals surface area contributed by atoms with Crippen molar-refractivity contribution in [2.24, 2.45) is 5.16 Å². The number of thiazole rings is 1. The summed E-state index contributed by atoms with van der Waals surface area (Å²) in [5.41, 5.74) is 4.59. The summed E-state index contributed by atoms with van der Waals surface area (Å²) < 4.78 is 16.2. The second kappa shape index (κ2) is 15.2. The van der Waals surface area contributed by atoms with Crippen molar-refractivity contribution >= 4 is 74.6 Å². The number of nitrogens with two attached hydrogens (primary N) is 1. The Balaban J connectivity index is 1.26. The van der Waals surface area contributed by atoms with Crippen LogP contribution >= 0.6 is 23.1 Å².